The molecule has 1 N–H and O–H groups in total. The SMILES string of the molecule is COCCS(=O)(=O)Nc1ccc(-n2ccnc2)c(Cl)c1. The van der Waals surface area contributed by atoms with Crippen molar-refractivity contribution in [3.05, 3.63) is 41.9 Å². The molecule has 1 heterocycles. The van der Waals surface area contributed by atoms with Gasteiger partial charge in [0.15, 0.2) is 0 Å². The molecule has 1 aromatic carbocycles. The van der Waals surface area contributed by atoms with E-state index in [4.69, 9.17) is 16.3 Å². The van der Waals surface area contributed by atoms with E-state index >= 15 is 0 Å². The highest BCUT2D eigenvalue weighted by Gasteiger charge is 2.11. The number of anilines is 1. The first-order valence-electron chi connectivity index (χ1n) is 5.79. The van der Waals surface area contributed by atoms with Gasteiger partial charge in [-0.3, -0.25) is 4.72 Å². The van der Waals surface area contributed by atoms with E-state index in [-0.39, 0.29) is 12.4 Å². The Morgan fingerprint density at radius 2 is 2.25 bits per heavy atom. The van der Waals surface area contributed by atoms with Crippen molar-refractivity contribution < 1.29 is 13.2 Å². The first-order valence-corrected chi connectivity index (χ1v) is 7.82. The van der Waals surface area contributed by atoms with Gasteiger partial charge in [-0.25, -0.2) is 13.4 Å². The molecule has 0 aliphatic carbocycles. The minimum absolute atomic E-state index is 0.107. The quantitative estimate of drug-likeness (QED) is 0.883. The Bertz CT molecular complexity index is 671. The summed E-state index contributed by atoms with van der Waals surface area (Å²) in [5.74, 6) is -0.107. The highest BCUT2D eigenvalue weighted by Crippen LogP contribution is 2.24. The third-order valence-corrected chi connectivity index (χ3v) is 4.11. The number of aromatic nitrogens is 2. The normalized spacial score (nSPS) is 11.5. The summed E-state index contributed by atoms with van der Waals surface area (Å²) in [4.78, 5) is 3.93. The van der Waals surface area contributed by atoms with Gasteiger partial charge >= 0.3 is 0 Å². The maximum atomic E-state index is 11.7. The average molecular weight is 316 g/mol. The van der Waals surface area contributed by atoms with Crippen LogP contribution in [0.5, 0.6) is 0 Å². The van der Waals surface area contributed by atoms with E-state index in [0.29, 0.717) is 10.7 Å². The van der Waals surface area contributed by atoms with Crippen LogP contribution in [0, 0.1) is 0 Å². The van der Waals surface area contributed by atoms with Crippen molar-refractivity contribution in [2.75, 3.05) is 24.2 Å². The molecule has 2 aromatic rings. The number of halogens is 1. The fourth-order valence-corrected chi connectivity index (χ4v) is 2.86. The van der Waals surface area contributed by atoms with E-state index in [1.54, 1.807) is 41.5 Å². The van der Waals surface area contributed by atoms with Crippen LogP contribution in [0.1, 0.15) is 0 Å². The standard InChI is InChI=1S/C12H14ClN3O3S/c1-19-6-7-20(17,18)15-10-2-3-12(11(13)8-10)16-5-4-14-9-16/h2-5,8-9,15H,6-7H2,1H3. The van der Waals surface area contributed by atoms with Crippen LogP contribution in [-0.2, 0) is 14.8 Å². The van der Waals surface area contributed by atoms with Gasteiger partial charge in [0.2, 0.25) is 10.0 Å². The lowest BCUT2D eigenvalue weighted by atomic mass is 10.3. The van der Waals surface area contributed by atoms with Crippen LogP contribution >= 0.6 is 11.6 Å². The molecule has 0 aliphatic heterocycles. The number of nitrogens with one attached hydrogen (secondary N) is 1. The predicted octanol–water partition coefficient (Wildman–Crippen LogP) is 1.91. The Morgan fingerprint density at radius 1 is 1.45 bits per heavy atom. The molecular formula is C12H14ClN3O3S. The molecule has 0 atom stereocenters. The molecule has 0 spiro atoms. The van der Waals surface area contributed by atoms with E-state index in [9.17, 15) is 8.42 Å². The molecule has 0 saturated carbocycles. The smallest absolute Gasteiger partial charge is 0.235 e. The Kier molecular flexibility index (Phi) is 4.64. The minimum atomic E-state index is -3.43. The predicted molar refractivity (Wildman–Crippen MR) is 77.9 cm³/mol. The topological polar surface area (TPSA) is 73.2 Å². The summed E-state index contributed by atoms with van der Waals surface area (Å²) >= 11 is 6.15. The van der Waals surface area contributed by atoms with Gasteiger partial charge in [-0.2, -0.15) is 0 Å². The number of nitrogens with zero attached hydrogens (tertiary/aromatic N) is 2. The van der Waals surface area contributed by atoms with Gasteiger partial charge in [0.25, 0.3) is 0 Å². The van der Waals surface area contributed by atoms with Crippen LogP contribution in [0.4, 0.5) is 5.69 Å². The number of ether oxygens (including phenoxy) is 1. The third kappa shape index (κ3) is 3.72. The number of rotatable bonds is 6. The zero-order chi connectivity index (χ0) is 14.6. The Hall–Kier alpha value is -1.57. The number of methoxy groups -OCH3 is 1. The van der Waals surface area contributed by atoms with Crippen LogP contribution in [0.15, 0.2) is 36.9 Å². The van der Waals surface area contributed by atoms with Gasteiger partial charge in [0.05, 0.1) is 35.1 Å². The monoisotopic (exact) mass is 315 g/mol. The van der Waals surface area contributed by atoms with E-state index in [1.165, 1.54) is 7.11 Å². The fraction of sp³-hybridized carbons (Fsp3) is 0.250. The maximum absolute atomic E-state index is 11.7. The second kappa shape index (κ2) is 6.25. The molecule has 8 heteroatoms. The third-order valence-electron chi connectivity index (χ3n) is 2.56. The molecule has 0 fully saturated rings. The summed E-state index contributed by atoms with van der Waals surface area (Å²) < 4.78 is 32.4. The lowest BCUT2D eigenvalue weighted by Gasteiger charge is -2.10. The van der Waals surface area contributed by atoms with Gasteiger partial charge in [-0.1, -0.05) is 11.6 Å². The van der Waals surface area contributed by atoms with Gasteiger partial charge in [0.1, 0.15) is 0 Å². The van der Waals surface area contributed by atoms with Crippen LogP contribution in [0.3, 0.4) is 0 Å². The Morgan fingerprint density at radius 3 is 2.85 bits per heavy atom. The van der Waals surface area contributed by atoms with Crippen molar-refractivity contribution in [2.45, 2.75) is 0 Å². The molecule has 108 valence electrons. The van der Waals surface area contributed by atoms with Crippen molar-refractivity contribution in [2.24, 2.45) is 0 Å². The van der Waals surface area contributed by atoms with E-state index < -0.39 is 10.0 Å². The number of sulfonamides is 1. The molecule has 0 saturated heterocycles. The lowest BCUT2D eigenvalue weighted by molar-refractivity contribution is 0.217. The van der Waals surface area contributed by atoms with Crippen LogP contribution in [-0.4, -0.2) is 37.4 Å². The van der Waals surface area contributed by atoms with Crippen LogP contribution in [0.2, 0.25) is 5.02 Å². The molecule has 0 bridgehead atoms. The largest absolute Gasteiger partial charge is 0.384 e. The van der Waals surface area contributed by atoms with Crippen molar-refractivity contribution in [3.63, 3.8) is 0 Å². The summed E-state index contributed by atoms with van der Waals surface area (Å²) in [6.07, 6.45) is 5.00. The second-order valence-corrected chi connectivity index (χ2v) is 6.30. The van der Waals surface area contributed by atoms with Gasteiger partial charge in [-0.15, -0.1) is 0 Å². The molecule has 0 unspecified atom stereocenters. The first-order chi connectivity index (χ1) is 9.52. The van der Waals surface area contributed by atoms with Crippen molar-refractivity contribution in [1.29, 1.82) is 0 Å². The summed E-state index contributed by atoms with van der Waals surface area (Å²) in [5.41, 5.74) is 1.14. The zero-order valence-electron chi connectivity index (χ0n) is 10.8. The number of hydrogen-bond acceptors (Lipinski definition) is 4. The number of hydrogen-bond donors (Lipinski definition) is 1. The molecule has 0 aliphatic rings. The van der Waals surface area contributed by atoms with E-state index in [0.717, 1.165) is 5.69 Å². The van der Waals surface area contributed by atoms with Crippen LogP contribution < -0.4 is 4.72 Å². The van der Waals surface area contributed by atoms with E-state index in [2.05, 4.69) is 9.71 Å². The van der Waals surface area contributed by atoms with Crippen molar-refractivity contribution in [1.82, 2.24) is 9.55 Å². The summed E-state index contributed by atoms with van der Waals surface area (Å²) in [6.45, 7) is 0.135. The van der Waals surface area contributed by atoms with Gasteiger partial charge < -0.3 is 9.30 Å². The van der Waals surface area contributed by atoms with Crippen molar-refractivity contribution in [3.8, 4) is 5.69 Å². The van der Waals surface area contributed by atoms with Gasteiger partial charge in [-0.05, 0) is 18.2 Å². The Labute approximate surface area is 122 Å². The number of imidazole rings is 1. The molecule has 6 nitrogen and oxygen atoms in total. The average Bonchev–Trinajstić information content (AvgIpc) is 2.90. The minimum Gasteiger partial charge on any atom is -0.384 e. The van der Waals surface area contributed by atoms with Crippen molar-refractivity contribution >= 4 is 27.3 Å². The number of benzene rings is 1. The zero-order valence-corrected chi connectivity index (χ0v) is 12.4. The Balaban J connectivity index is 2.18. The summed E-state index contributed by atoms with van der Waals surface area (Å²) in [7, 11) is -1.98. The fourth-order valence-electron chi connectivity index (χ4n) is 1.61. The molecular weight excluding hydrogens is 302 g/mol. The molecule has 20 heavy (non-hydrogen) atoms. The lowest BCUT2D eigenvalue weighted by Crippen LogP contribution is -2.19. The molecule has 0 amide bonds. The van der Waals surface area contributed by atoms with E-state index in [1.807, 2.05) is 0 Å². The van der Waals surface area contributed by atoms with Gasteiger partial charge in [0, 0.05) is 19.5 Å². The summed E-state index contributed by atoms with van der Waals surface area (Å²) in [6, 6.07) is 4.92. The highest BCUT2D eigenvalue weighted by molar-refractivity contribution is 7.92. The molecule has 1 aromatic heterocycles. The maximum Gasteiger partial charge on any atom is 0.235 e. The molecule has 2 rings (SSSR count). The van der Waals surface area contributed by atoms with Crippen LogP contribution in [0.25, 0.3) is 5.69 Å². The summed E-state index contributed by atoms with van der Waals surface area (Å²) in [5, 5.41) is 0.426. The first kappa shape index (κ1) is 14.8. The molecule has 0 radical (unpaired) electrons. The second-order valence-electron chi connectivity index (χ2n) is 4.05. The highest BCUT2D eigenvalue weighted by atomic mass is 35.5.